The Bertz CT molecular complexity index is 463. The van der Waals surface area contributed by atoms with Crippen LogP contribution in [0.1, 0.15) is 36.8 Å². The average Bonchev–Trinajstić information content (AvgIpc) is 2.76. The summed E-state index contributed by atoms with van der Waals surface area (Å²) in [7, 11) is 0. The molecular formula is C13H14F2O2. The Morgan fingerprint density at radius 2 is 1.88 bits per heavy atom. The molecule has 0 bridgehead atoms. The fourth-order valence-electron chi connectivity index (χ4n) is 2.61. The Labute approximate surface area is 98.3 Å². The van der Waals surface area contributed by atoms with Gasteiger partial charge < -0.3 is 5.11 Å². The molecule has 17 heavy (non-hydrogen) atoms. The molecule has 1 aromatic carbocycles. The van der Waals surface area contributed by atoms with Gasteiger partial charge in [-0.25, -0.2) is 8.78 Å². The van der Waals surface area contributed by atoms with Crippen LogP contribution in [-0.2, 0) is 10.2 Å². The standard InChI is InChI=1S/C13H14F2O2/c1-8-10(14)5-4-9(11(8)15)13(12(16)17)6-2-3-7-13/h4-5H,2-3,6-7H2,1H3,(H,16,17). The maximum atomic E-state index is 14.0. The largest absolute Gasteiger partial charge is 0.481 e. The smallest absolute Gasteiger partial charge is 0.314 e. The van der Waals surface area contributed by atoms with Crippen LogP contribution in [0.4, 0.5) is 8.78 Å². The monoisotopic (exact) mass is 240 g/mol. The maximum absolute atomic E-state index is 14.0. The van der Waals surface area contributed by atoms with Gasteiger partial charge in [0, 0.05) is 11.1 Å². The van der Waals surface area contributed by atoms with Crippen molar-refractivity contribution in [2.75, 3.05) is 0 Å². The van der Waals surface area contributed by atoms with Gasteiger partial charge in [-0.3, -0.25) is 4.79 Å². The molecule has 0 unspecified atom stereocenters. The number of hydrogen-bond acceptors (Lipinski definition) is 1. The van der Waals surface area contributed by atoms with Gasteiger partial charge in [0.05, 0.1) is 5.41 Å². The van der Waals surface area contributed by atoms with Crippen LogP contribution in [0.2, 0.25) is 0 Å². The second-order valence-electron chi connectivity index (χ2n) is 4.63. The van der Waals surface area contributed by atoms with Crippen molar-refractivity contribution < 1.29 is 18.7 Å². The third-order valence-corrected chi connectivity index (χ3v) is 3.70. The number of carboxylic acid groups (broad SMARTS) is 1. The number of halogens is 2. The summed E-state index contributed by atoms with van der Waals surface area (Å²) >= 11 is 0. The van der Waals surface area contributed by atoms with Crippen molar-refractivity contribution in [1.82, 2.24) is 0 Å². The number of carboxylic acids is 1. The summed E-state index contributed by atoms with van der Waals surface area (Å²) in [6, 6.07) is 2.42. The summed E-state index contributed by atoms with van der Waals surface area (Å²) in [6.07, 6.45) is 2.37. The first-order chi connectivity index (χ1) is 7.99. The van der Waals surface area contributed by atoms with E-state index in [1.807, 2.05) is 0 Å². The quantitative estimate of drug-likeness (QED) is 0.862. The van der Waals surface area contributed by atoms with Gasteiger partial charge in [0.15, 0.2) is 0 Å². The van der Waals surface area contributed by atoms with Crippen LogP contribution < -0.4 is 0 Å². The number of benzene rings is 1. The van der Waals surface area contributed by atoms with Crippen molar-refractivity contribution in [3.8, 4) is 0 Å². The third kappa shape index (κ3) is 1.72. The van der Waals surface area contributed by atoms with E-state index in [1.165, 1.54) is 13.0 Å². The Morgan fingerprint density at radius 1 is 1.29 bits per heavy atom. The van der Waals surface area contributed by atoms with Gasteiger partial charge >= 0.3 is 5.97 Å². The predicted molar refractivity (Wildman–Crippen MR) is 58.9 cm³/mol. The summed E-state index contributed by atoms with van der Waals surface area (Å²) in [5, 5.41) is 9.34. The van der Waals surface area contributed by atoms with E-state index in [9.17, 15) is 18.7 Å². The topological polar surface area (TPSA) is 37.3 Å². The molecule has 0 amide bonds. The van der Waals surface area contributed by atoms with Gasteiger partial charge in [0.2, 0.25) is 0 Å². The van der Waals surface area contributed by atoms with Gasteiger partial charge in [-0.15, -0.1) is 0 Å². The molecule has 0 spiro atoms. The fourth-order valence-corrected chi connectivity index (χ4v) is 2.61. The van der Waals surface area contributed by atoms with Crippen molar-refractivity contribution in [1.29, 1.82) is 0 Å². The van der Waals surface area contributed by atoms with Crippen molar-refractivity contribution in [3.63, 3.8) is 0 Å². The molecule has 2 rings (SSSR count). The highest BCUT2D eigenvalue weighted by Crippen LogP contribution is 2.43. The minimum atomic E-state index is -1.16. The number of carbonyl (C=O) groups is 1. The summed E-state index contributed by atoms with van der Waals surface area (Å²) in [5.41, 5.74) is -1.14. The highest BCUT2D eigenvalue weighted by Gasteiger charge is 2.45. The molecule has 1 fully saturated rings. The molecule has 1 N–H and O–H groups in total. The SMILES string of the molecule is Cc1c(F)ccc(C2(C(=O)O)CCCC2)c1F. The van der Waals surface area contributed by atoms with Crippen LogP contribution >= 0.6 is 0 Å². The van der Waals surface area contributed by atoms with Gasteiger partial charge in [-0.1, -0.05) is 18.9 Å². The van der Waals surface area contributed by atoms with Crippen molar-refractivity contribution in [2.24, 2.45) is 0 Å². The van der Waals surface area contributed by atoms with Gasteiger partial charge in [0.1, 0.15) is 11.6 Å². The average molecular weight is 240 g/mol. The summed E-state index contributed by atoms with van der Waals surface area (Å²) in [5.74, 6) is -2.36. The van der Waals surface area contributed by atoms with Crippen molar-refractivity contribution >= 4 is 5.97 Å². The van der Waals surface area contributed by atoms with E-state index < -0.39 is 23.0 Å². The lowest BCUT2D eigenvalue weighted by Crippen LogP contribution is -2.34. The molecule has 0 saturated heterocycles. The fraction of sp³-hybridized carbons (Fsp3) is 0.462. The highest BCUT2D eigenvalue weighted by molar-refractivity contribution is 5.82. The first kappa shape index (κ1) is 12.0. The Morgan fingerprint density at radius 3 is 2.41 bits per heavy atom. The van der Waals surface area contributed by atoms with Crippen LogP contribution in [0, 0.1) is 18.6 Å². The number of hydrogen-bond donors (Lipinski definition) is 1. The summed E-state index contributed by atoms with van der Waals surface area (Å²) < 4.78 is 27.2. The number of aliphatic carboxylic acids is 1. The first-order valence-corrected chi connectivity index (χ1v) is 5.67. The van der Waals surface area contributed by atoms with E-state index in [1.54, 1.807) is 0 Å². The lowest BCUT2D eigenvalue weighted by atomic mass is 9.78. The maximum Gasteiger partial charge on any atom is 0.314 e. The molecule has 0 radical (unpaired) electrons. The van der Waals surface area contributed by atoms with Crippen LogP contribution in [-0.4, -0.2) is 11.1 Å². The lowest BCUT2D eigenvalue weighted by Gasteiger charge is -2.25. The van der Waals surface area contributed by atoms with Gasteiger partial charge in [-0.2, -0.15) is 0 Å². The molecule has 4 heteroatoms. The van der Waals surface area contributed by atoms with E-state index in [0.29, 0.717) is 12.8 Å². The van der Waals surface area contributed by atoms with E-state index in [0.717, 1.165) is 18.9 Å². The molecule has 0 heterocycles. The van der Waals surface area contributed by atoms with Crippen LogP contribution in [0.15, 0.2) is 12.1 Å². The van der Waals surface area contributed by atoms with Crippen LogP contribution in [0.3, 0.4) is 0 Å². The molecular weight excluding hydrogens is 226 g/mol. The summed E-state index contributed by atoms with van der Waals surface area (Å²) in [4.78, 5) is 11.4. The zero-order chi connectivity index (χ0) is 12.6. The molecule has 1 saturated carbocycles. The lowest BCUT2D eigenvalue weighted by molar-refractivity contribution is -0.143. The van der Waals surface area contributed by atoms with Crippen LogP contribution in [0.5, 0.6) is 0 Å². The van der Waals surface area contributed by atoms with Crippen molar-refractivity contribution in [3.05, 3.63) is 34.9 Å². The zero-order valence-electron chi connectivity index (χ0n) is 9.59. The second-order valence-corrected chi connectivity index (χ2v) is 4.63. The van der Waals surface area contributed by atoms with E-state index in [4.69, 9.17) is 0 Å². The molecule has 1 aliphatic carbocycles. The molecule has 0 aliphatic heterocycles. The molecule has 92 valence electrons. The van der Waals surface area contributed by atoms with Crippen molar-refractivity contribution in [2.45, 2.75) is 38.0 Å². The van der Waals surface area contributed by atoms with Gasteiger partial charge in [0.25, 0.3) is 0 Å². The molecule has 2 nitrogen and oxygen atoms in total. The first-order valence-electron chi connectivity index (χ1n) is 5.67. The Kier molecular flexibility index (Phi) is 2.89. The van der Waals surface area contributed by atoms with E-state index in [-0.39, 0.29) is 11.1 Å². The second kappa shape index (κ2) is 4.09. The third-order valence-electron chi connectivity index (χ3n) is 3.70. The minimum absolute atomic E-state index is 0.102. The molecule has 1 aliphatic rings. The summed E-state index contributed by atoms with van der Waals surface area (Å²) in [6.45, 7) is 1.33. The van der Waals surface area contributed by atoms with E-state index >= 15 is 0 Å². The van der Waals surface area contributed by atoms with E-state index in [2.05, 4.69) is 0 Å². The van der Waals surface area contributed by atoms with Crippen LogP contribution in [0.25, 0.3) is 0 Å². The minimum Gasteiger partial charge on any atom is -0.481 e. The van der Waals surface area contributed by atoms with Gasteiger partial charge in [-0.05, 0) is 25.8 Å². The normalized spacial score (nSPS) is 18.3. The predicted octanol–water partition coefficient (Wildman–Crippen LogP) is 3.17. The highest BCUT2D eigenvalue weighted by atomic mass is 19.1. The Hall–Kier alpha value is -1.45. The number of rotatable bonds is 2. The molecule has 1 aromatic rings. The Balaban J connectivity index is 2.59. The zero-order valence-corrected chi connectivity index (χ0v) is 9.59. The molecule has 0 aromatic heterocycles. The molecule has 0 atom stereocenters.